The maximum atomic E-state index is 13.4. The van der Waals surface area contributed by atoms with Crippen LogP contribution in [0.3, 0.4) is 0 Å². The van der Waals surface area contributed by atoms with Crippen molar-refractivity contribution >= 4 is 5.95 Å². The van der Waals surface area contributed by atoms with Gasteiger partial charge in [-0.1, -0.05) is 91.0 Å². The molecule has 0 amide bonds. The highest BCUT2D eigenvalue weighted by Gasteiger charge is 2.42. The maximum absolute atomic E-state index is 13.4. The van der Waals surface area contributed by atoms with Crippen LogP contribution in [0, 0.1) is 5.92 Å². The lowest BCUT2D eigenvalue weighted by atomic mass is 9.81. The topological polar surface area (TPSA) is 65.5 Å². The van der Waals surface area contributed by atoms with Crippen molar-refractivity contribution in [3.8, 4) is 0 Å². The molecule has 0 radical (unpaired) electrons. The molecule has 4 aromatic rings. The van der Waals surface area contributed by atoms with E-state index in [1.54, 1.807) is 0 Å². The third-order valence-electron chi connectivity index (χ3n) is 7.31. The van der Waals surface area contributed by atoms with Crippen molar-refractivity contribution in [1.29, 1.82) is 0 Å². The van der Waals surface area contributed by atoms with Crippen molar-refractivity contribution in [2.45, 2.75) is 57.1 Å². The Balaban J connectivity index is 1.38. The van der Waals surface area contributed by atoms with E-state index in [1.807, 2.05) is 91.0 Å². The molecule has 0 aliphatic heterocycles. The van der Waals surface area contributed by atoms with E-state index in [-0.39, 0.29) is 17.9 Å². The van der Waals surface area contributed by atoms with E-state index in [9.17, 15) is 13.2 Å². The largest absolute Gasteiger partial charge is 0.433 e. The summed E-state index contributed by atoms with van der Waals surface area (Å²) in [6, 6.07) is 30.1. The van der Waals surface area contributed by atoms with E-state index in [2.05, 4.69) is 15.3 Å². The molecule has 42 heavy (non-hydrogen) atoms. The van der Waals surface area contributed by atoms with E-state index < -0.39 is 24.1 Å². The number of hydrogen-bond acceptors (Lipinski definition) is 6. The summed E-state index contributed by atoms with van der Waals surface area (Å²) in [6.45, 7) is 1.60. The Bertz CT molecular complexity index is 1360. The van der Waals surface area contributed by atoms with Crippen molar-refractivity contribution < 1.29 is 27.4 Å². The third-order valence-corrected chi connectivity index (χ3v) is 7.31. The molecule has 0 unspecified atom stereocenters. The summed E-state index contributed by atoms with van der Waals surface area (Å²) < 4.78 is 59.4. The molecular formula is C33H34F3N3O3. The first-order valence-electron chi connectivity index (χ1n) is 14.1. The number of alkyl halides is 3. The van der Waals surface area contributed by atoms with E-state index in [4.69, 9.17) is 14.2 Å². The van der Waals surface area contributed by atoms with Gasteiger partial charge in [0.1, 0.15) is 11.8 Å². The summed E-state index contributed by atoms with van der Waals surface area (Å²) in [5, 5.41) is 3.14. The van der Waals surface area contributed by atoms with Crippen molar-refractivity contribution in [3.05, 3.63) is 126 Å². The molecule has 220 valence electrons. The summed E-state index contributed by atoms with van der Waals surface area (Å²) in [4.78, 5) is 7.82. The minimum atomic E-state index is -4.57. The molecule has 1 aromatic heterocycles. The van der Waals surface area contributed by atoms with Gasteiger partial charge < -0.3 is 19.5 Å². The van der Waals surface area contributed by atoms with Gasteiger partial charge >= 0.3 is 6.18 Å². The van der Waals surface area contributed by atoms with Gasteiger partial charge in [-0.3, -0.25) is 0 Å². The second kappa shape index (κ2) is 14.4. The van der Waals surface area contributed by atoms with Gasteiger partial charge in [0.15, 0.2) is 0 Å². The SMILES string of the molecule is FC(F)(F)c1ccnc(N[C@H]2CC[C@H](COCc3ccccc3)[C@H](OCc3ccccc3)[C@@H]2OCc2ccccc2)n1. The fourth-order valence-electron chi connectivity index (χ4n) is 5.18. The van der Waals surface area contributed by atoms with Crippen LogP contribution in [0.15, 0.2) is 103 Å². The Morgan fingerprint density at radius 3 is 1.81 bits per heavy atom. The number of aromatic nitrogens is 2. The van der Waals surface area contributed by atoms with Gasteiger partial charge in [0.2, 0.25) is 5.95 Å². The van der Waals surface area contributed by atoms with Gasteiger partial charge in [-0.25, -0.2) is 9.97 Å². The van der Waals surface area contributed by atoms with Crippen LogP contribution in [0.25, 0.3) is 0 Å². The van der Waals surface area contributed by atoms with Gasteiger partial charge in [-0.05, 0) is 35.6 Å². The van der Waals surface area contributed by atoms with Crippen molar-refractivity contribution in [3.63, 3.8) is 0 Å². The van der Waals surface area contributed by atoms with Gasteiger partial charge in [0, 0.05) is 12.1 Å². The van der Waals surface area contributed by atoms with Crippen LogP contribution >= 0.6 is 0 Å². The fraction of sp³-hybridized carbons (Fsp3) is 0.333. The highest BCUT2D eigenvalue weighted by molar-refractivity contribution is 5.29. The summed E-state index contributed by atoms with van der Waals surface area (Å²) >= 11 is 0. The van der Waals surface area contributed by atoms with E-state index >= 15 is 0 Å². The average Bonchev–Trinajstić information content (AvgIpc) is 3.01. The monoisotopic (exact) mass is 577 g/mol. The molecule has 1 aliphatic rings. The smallest absolute Gasteiger partial charge is 0.376 e. The Morgan fingerprint density at radius 1 is 0.690 bits per heavy atom. The third kappa shape index (κ3) is 8.38. The first-order chi connectivity index (χ1) is 20.5. The molecule has 1 aliphatic carbocycles. The molecule has 1 N–H and O–H groups in total. The van der Waals surface area contributed by atoms with Crippen molar-refractivity contribution in [1.82, 2.24) is 9.97 Å². The zero-order valence-electron chi connectivity index (χ0n) is 23.1. The Labute approximate surface area is 243 Å². The Kier molecular flexibility index (Phi) is 10.2. The molecule has 1 fully saturated rings. The van der Waals surface area contributed by atoms with Crippen LogP contribution in [-0.2, 0) is 40.2 Å². The standard InChI is InChI=1S/C33H34F3N3O3/c34-33(35,36)29-18-19-37-32(39-29)38-28-17-16-27(23-40-20-24-10-4-1-5-11-24)30(41-21-25-12-6-2-7-13-25)31(28)42-22-26-14-8-3-9-15-26/h1-15,18-19,27-28,30-31H,16-17,20-23H2,(H,37,38,39)/t27-,28+,30+,31-/m1/s1. The highest BCUT2D eigenvalue weighted by atomic mass is 19.4. The summed E-state index contributed by atoms with van der Waals surface area (Å²) in [7, 11) is 0. The normalized spacial score (nSPS) is 20.7. The molecule has 0 bridgehead atoms. The second-order valence-corrected chi connectivity index (χ2v) is 10.4. The van der Waals surface area contributed by atoms with Crippen LogP contribution in [-0.4, -0.2) is 34.8 Å². The number of anilines is 1. The number of halogens is 3. The zero-order chi connectivity index (χ0) is 29.2. The minimum Gasteiger partial charge on any atom is -0.376 e. The fourth-order valence-corrected chi connectivity index (χ4v) is 5.18. The minimum absolute atomic E-state index is 0.00123. The molecule has 6 nitrogen and oxygen atoms in total. The van der Waals surface area contributed by atoms with Crippen LogP contribution < -0.4 is 5.32 Å². The predicted molar refractivity (Wildman–Crippen MR) is 153 cm³/mol. The van der Waals surface area contributed by atoms with E-state index in [0.29, 0.717) is 32.8 Å². The molecule has 0 saturated heterocycles. The number of benzene rings is 3. The molecule has 5 rings (SSSR count). The molecule has 9 heteroatoms. The lowest BCUT2D eigenvalue weighted by Crippen LogP contribution is -2.53. The molecule has 0 spiro atoms. The molecular weight excluding hydrogens is 543 g/mol. The highest BCUT2D eigenvalue weighted by Crippen LogP contribution is 2.34. The van der Waals surface area contributed by atoms with E-state index in [0.717, 1.165) is 35.4 Å². The van der Waals surface area contributed by atoms with E-state index in [1.165, 1.54) is 0 Å². The first kappa shape index (κ1) is 29.7. The Hall–Kier alpha value is -3.79. The molecule has 3 aromatic carbocycles. The van der Waals surface area contributed by atoms with Crippen LogP contribution in [0.5, 0.6) is 0 Å². The lowest BCUT2D eigenvalue weighted by molar-refractivity contribution is -0.145. The van der Waals surface area contributed by atoms with Gasteiger partial charge in [0.05, 0.1) is 38.6 Å². The van der Waals surface area contributed by atoms with Crippen molar-refractivity contribution in [2.24, 2.45) is 5.92 Å². The number of rotatable bonds is 12. The maximum Gasteiger partial charge on any atom is 0.433 e. The van der Waals surface area contributed by atoms with Gasteiger partial charge in [0.25, 0.3) is 0 Å². The first-order valence-corrected chi connectivity index (χ1v) is 14.1. The Morgan fingerprint density at radius 2 is 1.24 bits per heavy atom. The second-order valence-electron chi connectivity index (χ2n) is 10.4. The zero-order valence-corrected chi connectivity index (χ0v) is 23.1. The summed E-state index contributed by atoms with van der Waals surface area (Å²) in [6.07, 6.45) is -3.03. The predicted octanol–water partition coefficient (Wildman–Crippen LogP) is 7.07. The number of ether oxygens (including phenoxy) is 3. The lowest BCUT2D eigenvalue weighted by Gasteiger charge is -2.42. The summed E-state index contributed by atoms with van der Waals surface area (Å²) in [5.41, 5.74) is 2.07. The van der Waals surface area contributed by atoms with Crippen LogP contribution in [0.2, 0.25) is 0 Å². The quantitative estimate of drug-likeness (QED) is 0.194. The average molecular weight is 578 g/mol. The van der Waals surface area contributed by atoms with Gasteiger partial charge in [-0.15, -0.1) is 0 Å². The van der Waals surface area contributed by atoms with Gasteiger partial charge in [-0.2, -0.15) is 13.2 Å². The number of hydrogen-bond donors (Lipinski definition) is 1. The van der Waals surface area contributed by atoms with Crippen LogP contribution in [0.4, 0.5) is 19.1 Å². The van der Waals surface area contributed by atoms with Crippen LogP contribution in [0.1, 0.15) is 35.2 Å². The van der Waals surface area contributed by atoms with Crippen molar-refractivity contribution in [2.75, 3.05) is 11.9 Å². The molecule has 4 atom stereocenters. The summed E-state index contributed by atoms with van der Waals surface area (Å²) in [5.74, 6) is -0.0950. The number of nitrogens with one attached hydrogen (secondary N) is 1. The number of nitrogens with zero attached hydrogens (tertiary/aromatic N) is 2. The molecule has 1 saturated carbocycles. The molecule has 1 heterocycles.